The lowest BCUT2D eigenvalue weighted by atomic mass is 10.2. The fraction of sp³-hybridized carbons (Fsp3) is 0.143. The molecule has 18 heavy (non-hydrogen) atoms. The van der Waals surface area contributed by atoms with Crippen LogP contribution in [0, 0.1) is 5.82 Å². The Labute approximate surface area is 119 Å². The molecule has 0 amide bonds. The third kappa shape index (κ3) is 3.47. The van der Waals surface area contributed by atoms with Crippen LogP contribution in [0.2, 0.25) is 5.02 Å². The lowest BCUT2D eigenvalue weighted by Crippen LogP contribution is -1.97. The second kappa shape index (κ2) is 6.21. The summed E-state index contributed by atoms with van der Waals surface area (Å²) in [5.41, 5.74) is 1.83. The molecule has 0 aliphatic heterocycles. The predicted octanol–water partition coefficient (Wildman–Crippen LogP) is 4.95. The van der Waals surface area contributed by atoms with Gasteiger partial charge in [-0.25, -0.2) is 4.39 Å². The quantitative estimate of drug-likeness (QED) is 0.721. The minimum absolute atomic E-state index is 0.259. The van der Waals surface area contributed by atoms with E-state index >= 15 is 0 Å². The van der Waals surface area contributed by atoms with Crippen LogP contribution in [-0.4, -0.2) is 0 Å². The molecular weight excluding hydrogens is 319 g/mol. The first kappa shape index (κ1) is 13.4. The molecule has 1 nitrogen and oxygen atoms in total. The van der Waals surface area contributed by atoms with E-state index in [4.69, 9.17) is 16.3 Å². The summed E-state index contributed by atoms with van der Waals surface area (Å²) in [5, 5.41) is 1.30. The van der Waals surface area contributed by atoms with E-state index < -0.39 is 0 Å². The number of ether oxygens (including phenoxy) is 1. The van der Waals surface area contributed by atoms with Crippen LogP contribution in [0.15, 0.2) is 42.5 Å². The highest BCUT2D eigenvalue weighted by atomic mass is 79.9. The highest BCUT2D eigenvalue weighted by Gasteiger charge is 2.04. The minimum Gasteiger partial charge on any atom is -0.486 e. The van der Waals surface area contributed by atoms with E-state index in [0.29, 0.717) is 17.0 Å². The monoisotopic (exact) mass is 328 g/mol. The van der Waals surface area contributed by atoms with Crippen molar-refractivity contribution in [1.82, 2.24) is 0 Å². The van der Waals surface area contributed by atoms with Gasteiger partial charge in [0.05, 0.1) is 0 Å². The number of hydrogen-bond donors (Lipinski definition) is 0. The van der Waals surface area contributed by atoms with Gasteiger partial charge in [-0.2, -0.15) is 0 Å². The van der Waals surface area contributed by atoms with Gasteiger partial charge in [0.15, 0.2) is 11.6 Å². The zero-order valence-corrected chi connectivity index (χ0v) is 11.8. The molecule has 0 unspecified atom stereocenters. The molecule has 0 heterocycles. The summed E-state index contributed by atoms with van der Waals surface area (Å²) in [6, 6.07) is 12.2. The third-order valence-electron chi connectivity index (χ3n) is 2.46. The first-order valence-electron chi connectivity index (χ1n) is 5.40. The molecule has 2 aromatic rings. The molecular formula is C14H11BrClFO. The van der Waals surface area contributed by atoms with Crippen molar-refractivity contribution in [2.24, 2.45) is 0 Å². The standard InChI is InChI=1S/C14H11BrClFO/c15-8-11-3-6-14(13(17)7-11)18-9-10-1-4-12(16)5-2-10/h1-7H,8-9H2. The van der Waals surface area contributed by atoms with Gasteiger partial charge in [-0.3, -0.25) is 0 Å². The van der Waals surface area contributed by atoms with Gasteiger partial charge in [-0.1, -0.05) is 45.7 Å². The van der Waals surface area contributed by atoms with E-state index in [1.54, 1.807) is 18.2 Å². The molecule has 0 aromatic heterocycles. The maximum absolute atomic E-state index is 13.6. The third-order valence-corrected chi connectivity index (χ3v) is 3.36. The molecule has 0 atom stereocenters. The molecule has 4 heteroatoms. The van der Waals surface area contributed by atoms with Gasteiger partial charge >= 0.3 is 0 Å². The highest BCUT2D eigenvalue weighted by molar-refractivity contribution is 9.08. The summed E-state index contributed by atoms with van der Waals surface area (Å²) in [7, 11) is 0. The number of alkyl halides is 1. The summed E-state index contributed by atoms with van der Waals surface area (Å²) in [4.78, 5) is 0. The van der Waals surface area contributed by atoms with Gasteiger partial charge in [0.2, 0.25) is 0 Å². The maximum atomic E-state index is 13.6. The average Bonchev–Trinajstić information content (AvgIpc) is 2.39. The van der Waals surface area contributed by atoms with Crippen LogP contribution in [-0.2, 0) is 11.9 Å². The number of hydrogen-bond acceptors (Lipinski definition) is 1. The zero-order valence-electron chi connectivity index (χ0n) is 9.50. The SMILES string of the molecule is Fc1cc(CBr)ccc1OCc1ccc(Cl)cc1. The number of benzene rings is 2. The van der Waals surface area contributed by atoms with Crippen LogP contribution < -0.4 is 4.74 Å². The van der Waals surface area contributed by atoms with Gasteiger partial charge in [0, 0.05) is 10.4 Å². The molecule has 0 spiro atoms. The van der Waals surface area contributed by atoms with Crippen molar-refractivity contribution in [3.8, 4) is 5.75 Å². The number of halogens is 3. The van der Waals surface area contributed by atoms with Gasteiger partial charge in [0.25, 0.3) is 0 Å². The predicted molar refractivity (Wildman–Crippen MR) is 74.8 cm³/mol. The van der Waals surface area contributed by atoms with Crippen molar-refractivity contribution in [2.45, 2.75) is 11.9 Å². The summed E-state index contributed by atoms with van der Waals surface area (Å²) >= 11 is 9.06. The maximum Gasteiger partial charge on any atom is 0.165 e. The van der Waals surface area contributed by atoms with E-state index in [2.05, 4.69) is 15.9 Å². The summed E-state index contributed by atoms with van der Waals surface area (Å²) in [6.07, 6.45) is 0. The highest BCUT2D eigenvalue weighted by Crippen LogP contribution is 2.21. The minimum atomic E-state index is -0.346. The molecule has 0 saturated heterocycles. The van der Waals surface area contributed by atoms with E-state index in [0.717, 1.165) is 11.1 Å². The second-order valence-corrected chi connectivity index (χ2v) is 4.81. The Morgan fingerprint density at radius 3 is 2.33 bits per heavy atom. The molecule has 2 rings (SSSR count). The fourth-order valence-electron chi connectivity index (χ4n) is 1.49. The average molecular weight is 330 g/mol. The molecule has 94 valence electrons. The Kier molecular flexibility index (Phi) is 4.61. The van der Waals surface area contributed by atoms with Crippen LogP contribution in [0.1, 0.15) is 11.1 Å². The first-order chi connectivity index (χ1) is 8.69. The van der Waals surface area contributed by atoms with Crippen LogP contribution in [0.5, 0.6) is 5.75 Å². The van der Waals surface area contributed by atoms with E-state index in [-0.39, 0.29) is 11.6 Å². The van der Waals surface area contributed by atoms with Crippen LogP contribution >= 0.6 is 27.5 Å². The van der Waals surface area contributed by atoms with Gasteiger partial charge in [-0.15, -0.1) is 0 Å². The Morgan fingerprint density at radius 1 is 1.06 bits per heavy atom. The van der Waals surface area contributed by atoms with Crippen LogP contribution in [0.25, 0.3) is 0 Å². The summed E-state index contributed by atoms with van der Waals surface area (Å²) in [6.45, 7) is 0.321. The lowest BCUT2D eigenvalue weighted by Gasteiger charge is -2.08. The molecule has 0 radical (unpaired) electrons. The van der Waals surface area contributed by atoms with Gasteiger partial charge in [-0.05, 0) is 35.4 Å². The fourth-order valence-corrected chi connectivity index (χ4v) is 1.96. The van der Waals surface area contributed by atoms with Crippen molar-refractivity contribution in [2.75, 3.05) is 0 Å². The molecule has 0 aliphatic rings. The second-order valence-electron chi connectivity index (χ2n) is 3.81. The first-order valence-corrected chi connectivity index (χ1v) is 6.90. The van der Waals surface area contributed by atoms with Crippen molar-refractivity contribution >= 4 is 27.5 Å². The van der Waals surface area contributed by atoms with E-state index in [9.17, 15) is 4.39 Å². The smallest absolute Gasteiger partial charge is 0.165 e. The Balaban J connectivity index is 2.04. The van der Waals surface area contributed by atoms with Crippen molar-refractivity contribution in [3.05, 3.63) is 64.4 Å². The zero-order chi connectivity index (χ0) is 13.0. The van der Waals surface area contributed by atoms with Gasteiger partial charge < -0.3 is 4.74 Å². The molecule has 2 aromatic carbocycles. The summed E-state index contributed by atoms with van der Waals surface area (Å²) in [5.74, 6) is -0.0874. The lowest BCUT2D eigenvalue weighted by molar-refractivity contribution is 0.290. The Bertz CT molecular complexity index is 528. The van der Waals surface area contributed by atoms with Crippen molar-refractivity contribution in [3.63, 3.8) is 0 Å². The Morgan fingerprint density at radius 2 is 1.72 bits per heavy atom. The summed E-state index contributed by atoms with van der Waals surface area (Å²) < 4.78 is 19.1. The van der Waals surface area contributed by atoms with E-state index in [1.807, 2.05) is 18.2 Å². The molecule has 0 N–H and O–H groups in total. The van der Waals surface area contributed by atoms with Crippen LogP contribution in [0.4, 0.5) is 4.39 Å². The molecule has 0 bridgehead atoms. The van der Waals surface area contributed by atoms with Crippen molar-refractivity contribution < 1.29 is 9.13 Å². The van der Waals surface area contributed by atoms with Gasteiger partial charge in [0.1, 0.15) is 6.61 Å². The molecule has 0 aliphatic carbocycles. The molecule has 0 fully saturated rings. The van der Waals surface area contributed by atoms with Crippen molar-refractivity contribution in [1.29, 1.82) is 0 Å². The largest absolute Gasteiger partial charge is 0.486 e. The normalized spacial score (nSPS) is 10.4. The topological polar surface area (TPSA) is 9.23 Å². The Hall–Kier alpha value is -1.06. The number of rotatable bonds is 4. The van der Waals surface area contributed by atoms with Crippen LogP contribution in [0.3, 0.4) is 0 Å². The van der Waals surface area contributed by atoms with E-state index in [1.165, 1.54) is 6.07 Å². The molecule has 0 saturated carbocycles.